The lowest BCUT2D eigenvalue weighted by molar-refractivity contribution is 0.157. The number of benzene rings is 3. The molecule has 0 aliphatic carbocycles. The highest BCUT2D eigenvalue weighted by Gasteiger charge is 2.20. The topological polar surface area (TPSA) is 52.9 Å². The van der Waals surface area contributed by atoms with E-state index in [1.54, 1.807) is 19.1 Å². The summed E-state index contributed by atoms with van der Waals surface area (Å²) in [5.41, 5.74) is 6.52. The minimum atomic E-state index is -0.365. The number of carbonyl (C=O) groups is 1. The first-order valence-corrected chi connectivity index (χ1v) is 12.3. The summed E-state index contributed by atoms with van der Waals surface area (Å²) in [4.78, 5) is 14.5. The highest BCUT2D eigenvalue weighted by Crippen LogP contribution is 2.41. The molecule has 0 N–H and O–H groups in total. The Morgan fingerprint density at radius 1 is 0.833 bits per heavy atom. The Morgan fingerprint density at radius 3 is 2.14 bits per heavy atom. The summed E-state index contributed by atoms with van der Waals surface area (Å²) in [7, 11) is 3.23. The third-order valence-corrected chi connectivity index (χ3v) is 6.44. The largest absolute Gasteiger partial charge is 0.493 e. The van der Waals surface area contributed by atoms with Crippen LogP contribution in [0.15, 0.2) is 60.8 Å². The standard InChI is InChI=1S/C30H34N2O4/c1-7-31(8-2)30(33)36-27-12-10-25-24(29(27)23-9-11-26(34-5)28(18-23)35-6)13-14-32(25)19-22-16-20(3)15-21(4)17-22/h9-18H,7-8,19H2,1-6H3. The Kier molecular flexibility index (Phi) is 7.53. The third kappa shape index (κ3) is 5.03. The Morgan fingerprint density at radius 2 is 1.50 bits per heavy atom. The van der Waals surface area contributed by atoms with Crippen LogP contribution in [0.5, 0.6) is 17.2 Å². The van der Waals surface area contributed by atoms with Gasteiger partial charge in [-0.3, -0.25) is 0 Å². The molecule has 0 spiro atoms. The summed E-state index contributed by atoms with van der Waals surface area (Å²) >= 11 is 0. The van der Waals surface area contributed by atoms with E-state index in [1.807, 2.05) is 44.2 Å². The molecular weight excluding hydrogens is 452 g/mol. The molecule has 0 unspecified atom stereocenters. The van der Waals surface area contributed by atoms with Crippen LogP contribution < -0.4 is 14.2 Å². The first-order chi connectivity index (χ1) is 17.4. The molecule has 0 atom stereocenters. The number of carbonyl (C=O) groups excluding carboxylic acids is 1. The molecule has 0 fully saturated rings. The molecule has 4 aromatic rings. The van der Waals surface area contributed by atoms with Crippen LogP contribution >= 0.6 is 0 Å². The first-order valence-electron chi connectivity index (χ1n) is 12.3. The second kappa shape index (κ2) is 10.8. The predicted molar refractivity (Wildman–Crippen MR) is 144 cm³/mol. The van der Waals surface area contributed by atoms with Gasteiger partial charge in [0, 0.05) is 42.3 Å². The van der Waals surface area contributed by atoms with Crippen LogP contribution in [0.25, 0.3) is 22.0 Å². The van der Waals surface area contributed by atoms with Crippen molar-refractivity contribution in [3.8, 4) is 28.4 Å². The molecule has 36 heavy (non-hydrogen) atoms. The maximum atomic E-state index is 12.9. The van der Waals surface area contributed by atoms with Gasteiger partial charge in [0.15, 0.2) is 11.5 Å². The molecule has 0 saturated carbocycles. The van der Waals surface area contributed by atoms with Crippen molar-refractivity contribution in [1.29, 1.82) is 0 Å². The Bertz CT molecular complexity index is 1370. The van der Waals surface area contributed by atoms with Gasteiger partial charge in [-0.2, -0.15) is 0 Å². The maximum Gasteiger partial charge on any atom is 0.415 e. The summed E-state index contributed by atoms with van der Waals surface area (Å²) in [6, 6.07) is 18.4. The van der Waals surface area contributed by atoms with Crippen molar-refractivity contribution in [2.45, 2.75) is 34.2 Å². The monoisotopic (exact) mass is 486 g/mol. The van der Waals surface area contributed by atoms with Gasteiger partial charge in [0.1, 0.15) is 5.75 Å². The zero-order valence-corrected chi connectivity index (χ0v) is 21.9. The number of fused-ring (bicyclic) bond motifs is 1. The Balaban J connectivity index is 1.85. The van der Waals surface area contributed by atoms with E-state index in [9.17, 15) is 4.79 Å². The van der Waals surface area contributed by atoms with Gasteiger partial charge in [0.25, 0.3) is 0 Å². The summed E-state index contributed by atoms with van der Waals surface area (Å²) in [5.74, 6) is 1.76. The molecule has 1 amide bonds. The minimum Gasteiger partial charge on any atom is -0.493 e. The van der Waals surface area contributed by atoms with Crippen molar-refractivity contribution in [1.82, 2.24) is 9.47 Å². The number of hydrogen-bond donors (Lipinski definition) is 0. The quantitative estimate of drug-likeness (QED) is 0.274. The smallest absolute Gasteiger partial charge is 0.415 e. The number of methoxy groups -OCH3 is 2. The van der Waals surface area contributed by atoms with Gasteiger partial charge in [0.05, 0.1) is 14.2 Å². The molecule has 1 heterocycles. The van der Waals surface area contributed by atoms with Gasteiger partial charge in [-0.25, -0.2) is 4.79 Å². The van der Waals surface area contributed by atoms with Crippen LogP contribution in [0.2, 0.25) is 0 Å². The van der Waals surface area contributed by atoms with E-state index in [0.29, 0.717) is 30.3 Å². The summed E-state index contributed by atoms with van der Waals surface area (Å²) in [6.45, 7) is 10.0. The van der Waals surface area contributed by atoms with Gasteiger partial charge in [-0.15, -0.1) is 0 Å². The predicted octanol–water partition coefficient (Wildman–Crippen LogP) is 6.83. The Hall–Kier alpha value is -3.93. The van der Waals surface area contributed by atoms with Gasteiger partial charge in [-0.05, 0) is 69.2 Å². The highest BCUT2D eigenvalue weighted by atomic mass is 16.6. The molecule has 0 saturated heterocycles. The molecule has 3 aromatic carbocycles. The lowest BCUT2D eigenvalue weighted by Gasteiger charge is -2.20. The average molecular weight is 487 g/mol. The summed E-state index contributed by atoms with van der Waals surface area (Å²) in [5, 5.41) is 0.997. The molecule has 4 rings (SSSR count). The Labute approximate surface area is 213 Å². The molecule has 0 radical (unpaired) electrons. The van der Waals surface area contributed by atoms with E-state index in [1.165, 1.54) is 16.7 Å². The highest BCUT2D eigenvalue weighted by molar-refractivity contribution is 6.00. The van der Waals surface area contributed by atoms with E-state index < -0.39 is 0 Å². The number of nitrogens with zero attached hydrogens (tertiary/aromatic N) is 2. The average Bonchev–Trinajstić information content (AvgIpc) is 3.26. The van der Waals surface area contributed by atoms with E-state index in [4.69, 9.17) is 14.2 Å². The van der Waals surface area contributed by atoms with Gasteiger partial charge in [0.2, 0.25) is 0 Å². The number of ether oxygens (including phenoxy) is 3. The van der Waals surface area contributed by atoms with Crippen molar-refractivity contribution in [2.75, 3.05) is 27.3 Å². The van der Waals surface area contributed by atoms with E-state index in [0.717, 1.165) is 28.6 Å². The maximum absolute atomic E-state index is 12.9. The summed E-state index contributed by atoms with van der Waals surface area (Å²) in [6.07, 6.45) is 1.72. The SMILES string of the molecule is CCN(CC)C(=O)Oc1ccc2c(ccn2Cc2cc(C)cc(C)c2)c1-c1ccc(OC)c(OC)c1. The molecule has 0 bridgehead atoms. The van der Waals surface area contributed by atoms with E-state index in [2.05, 4.69) is 48.9 Å². The van der Waals surface area contributed by atoms with Crippen LogP contribution in [0.4, 0.5) is 4.79 Å². The third-order valence-electron chi connectivity index (χ3n) is 6.44. The van der Waals surface area contributed by atoms with E-state index >= 15 is 0 Å². The number of amides is 1. The molecule has 0 aliphatic heterocycles. The van der Waals surface area contributed by atoms with Gasteiger partial charge in [-0.1, -0.05) is 35.4 Å². The van der Waals surface area contributed by atoms with Crippen LogP contribution in [0.1, 0.15) is 30.5 Å². The van der Waals surface area contributed by atoms with Crippen molar-refractivity contribution in [2.24, 2.45) is 0 Å². The normalized spacial score (nSPS) is 10.9. The molecule has 6 nitrogen and oxygen atoms in total. The van der Waals surface area contributed by atoms with Crippen molar-refractivity contribution in [3.63, 3.8) is 0 Å². The number of hydrogen-bond acceptors (Lipinski definition) is 4. The van der Waals surface area contributed by atoms with Crippen LogP contribution in [0, 0.1) is 13.8 Å². The number of aromatic nitrogens is 1. The van der Waals surface area contributed by atoms with Crippen molar-refractivity contribution < 1.29 is 19.0 Å². The second-order valence-corrected chi connectivity index (χ2v) is 8.92. The zero-order valence-electron chi connectivity index (χ0n) is 21.9. The molecule has 0 aliphatic rings. The molecular formula is C30H34N2O4. The fourth-order valence-electron chi connectivity index (χ4n) is 4.76. The molecule has 188 valence electrons. The number of rotatable bonds is 8. The molecule has 6 heteroatoms. The van der Waals surface area contributed by atoms with Crippen molar-refractivity contribution in [3.05, 3.63) is 77.5 Å². The summed E-state index contributed by atoms with van der Waals surface area (Å²) < 4.78 is 19.2. The fraction of sp³-hybridized carbons (Fsp3) is 0.300. The van der Waals surface area contributed by atoms with E-state index in [-0.39, 0.29) is 6.09 Å². The lowest BCUT2D eigenvalue weighted by Crippen LogP contribution is -2.33. The minimum absolute atomic E-state index is 0.365. The first kappa shape index (κ1) is 25.2. The van der Waals surface area contributed by atoms with Crippen LogP contribution in [-0.4, -0.2) is 42.9 Å². The second-order valence-electron chi connectivity index (χ2n) is 8.92. The molecule has 1 aromatic heterocycles. The van der Waals surface area contributed by atoms with Crippen LogP contribution in [0.3, 0.4) is 0 Å². The fourth-order valence-corrected chi connectivity index (χ4v) is 4.76. The van der Waals surface area contributed by atoms with Gasteiger partial charge < -0.3 is 23.7 Å². The zero-order chi connectivity index (χ0) is 25.8. The van der Waals surface area contributed by atoms with Crippen molar-refractivity contribution >= 4 is 17.0 Å². The van der Waals surface area contributed by atoms with Crippen LogP contribution in [-0.2, 0) is 6.54 Å². The number of aryl methyl sites for hydroxylation is 2. The lowest BCUT2D eigenvalue weighted by atomic mass is 10.00. The van der Waals surface area contributed by atoms with Gasteiger partial charge >= 0.3 is 6.09 Å².